The predicted molar refractivity (Wildman–Crippen MR) is 75.3 cm³/mol. The summed E-state index contributed by atoms with van der Waals surface area (Å²) in [4.78, 5) is 14.3. The van der Waals surface area contributed by atoms with Gasteiger partial charge < -0.3 is 16.0 Å². The largest absolute Gasteiger partial charge is 0.352 e. The number of rotatable bonds is 3. The molecule has 0 aromatic rings. The molecule has 1 fully saturated rings. The van der Waals surface area contributed by atoms with E-state index in [1.54, 1.807) is 0 Å². The van der Waals surface area contributed by atoms with E-state index < -0.39 is 6.04 Å². The van der Waals surface area contributed by atoms with Crippen molar-refractivity contribution in [2.45, 2.75) is 64.6 Å². The molecule has 1 saturated carbocycles. The second-order valence-corrected chi connectivity index (χ2v) is 6.83. The zero-order valence-electron chi connectivity index (χ0n) is 12.5. The van der Waals surface area contributed by atoms with Crippen molar-refractivity contribution in [1.29, 1.82) is 0 Å². The molecule has 1 rings (SSSR count). The van der Waals surface area contributed by atoms with Crippen LogP contribution >= 0.6 is 0 Å². The van der Waals surface area contributed by atoms with Crippen LogP contribution in [0.3, 0.4) is 0 Å². The van der Waals surface area contributed by atoms with E-state index in [1.165, 1.54) is 12.8 Å². The number of nitrogens with one attached hydrogen (secondary N) is 1. The first kappa shape index (κ1) is 15.4. The van der Waals surface area contributed by atoms with E-state index in [0.29, 0.717) is 6.04 Å². The lowest BCUT2D eigenvalue weighted by Gasteiger charge is -2.35. The van der Waals surface area contributed by atoms with Crippen molar-refractivity contribution >= 4 is 5.91 Å². The Morgan fingerprint density at radius 1 is 1.33 bits per heavy atom. The van der Waals surface area contributed by atoms with Crippen LogP contribution in [0.5, 0.6) is 0 Å². The second kappa shape index (κ2) is 6.02. The van der Waals surface area contributed by atoms with Crippen LogP contribution in [0.1, 0.15) is 46.5 Å². The highest BCUT2D eigenvalue weighted by Crippen LogP contribution is 2.23. The van der Waals surface area contributed by atoms with E-state index >= 15 is 0 Å². The summed E-state index contributed by atoms with van der Waals surface area (Å²) in [5.74, 6) is -0.00749. The molecule has 3 atom stereocenters. The van der Waals surface area contributed by atoms with Gasteiger partial charge in [-0.15, -0.1) is 0 Å². The van der Waals surface area contributed by atoms with Gasteiger partial charge in [-0.2, -0.15) is 0 Å². The molecule has 1 amide bonds. The van der Waals surface area contributed by atoms with E-state index in [9.17, 15) is 4.79 Å². The minimum Gasteiger partial charge on any atom is -0.352 e. The van der Waals surface area contributed by atoms with Crippen LogP contribution in [-0.2, 0) is 4.79 Å². The van der Waals surface area contributed by atoms with Gasteiger partial charge in [-0.05, 0) is 45.2 Å². The van der Waals surface area contributed by atoms with Crippen LogP contribution in [0.2, 0.25) is 0 Å². The summed E-state index contributed by atoms with van der Waals surface area (Å²) in [5.41, 5.74) is 5.80. The van der Waals surface area contributed by atoms with E-state index in [-0.39, 0.29) is 17.4 Å². The van der Waals surface area contributed by atoms with Gasteiger partial charge in [0.1, 0.15) is 0 Å². The molecule has 2 unspecified atom stereocenters. The Hall–Kier alpha value is -0.610. The third kappa shape index (κ3) is 4.25. The lowest BCUT2D eigenvalue weighted by atomic mass is 9.85. The zero-order valence-corrected chi connectivity index (χ0v) is 12.5. The average molecular weight is 255 g/mol. The first-order valence-electron chi connectivity index (χ1n) is 6.94. The van der Waals surface area contributed by atoms with Crippen molar-refractivity contribution in [3.05, 3.63) is 0 Å². The van der Waals surface area contributed by atoms with E-state index in [0.717, 1.165) is 12.8 Å². The van der Waals surface area contributed by atoms with Gasteiger partial charge in [-0.1, -0.05) is 20.8 Å². The molecule has 0 spiro atoms. The molecular weight excluding hydrogens is 226 g/mol. The average Bonchev–Trinajstić information content (AvgIpc) is 2.27. The van der Waals surface area contributed by atoms with E-state index in [4.69, 9.17) is 5.73 Å². The normalized spacial score (nSPS) is 27.1. The van der Waals surface area contributed by atoms with Crippen LogP contribution in [0.25, 0.3) is 0 Å². The maximum atomic E-state index is 12.1. The summed E-state index contributed by atoms with van der Waals surface area (Å²) in [7, 11) is 4.21. The van der Waals surface area contributed by atoms with Crippen molar-refractivity contribution in [2.75, 3.05) is 14.1 Å². The maximum absolute atomic E-state index is 12.1. The Kier molecular flexibility index (Phi) is 5.17. The summed E-state index contributed by atoms with van der Waals surface area (Å²) in [6, 6.07) is 0.430. The lowest BCUT2D eigenvalue weighted by molar-refractivity contribution is -0.125. The maximum Gasteiger partial charge on any atom is 0.237 e. The third-order valence-corrected chi connectivity index (χ3v) is 3.94. The van der Waals surface area contributed by atoms with Gasteiger partial charge in [-0.3, -0.25) is 4.79 Å². The summed E-state index contributed by atoms with van der Waals surface area (Å²) < 4.78 is 0. The van der Waals surface area contributed by atoms with Gasteiger partial charge >= 0.3 is 0 Å². The Morgan fingerprint density at radius 3 is 2.44 bits per heavy atom. The van der Waals surface area contributed by atoms with Gasteiger partial charge in [0.05, 0.1) is 6.04 Å². The Morgan fingerprint density at radius 2 is 1.94 bits per heavy atom. The van der Waals surface area contributed by atoms with Crippen molar-refractivity contribution in [1.82, 2.24) is 10.2 Å². The summed E-state index contributed by atoms with van der Waals surface area (Å²) >= 11 is 0. The molecule has 0 aromatic heterocycles. The molecule has 1 aliphatic carbocycles. The molecular formula is C14H29N3O. The first-order valence-corrected chi connectivity index (χ1v) is 6.94. The smallest absolute Gasteiger partial charge is 0.237 e. The number of amides is 1. The molecule has 0 heterocycles. The summed E-state index contributed by atoms with van der Waals surface area (Å²) in [6.07, 6.45) is 4.52. The molecule has 3 N–H and O–H groups in total. The molecule has 0 saturated heterocycles. The van der Waals surface area contributed by atoms with Crippen LogP contribution in [0, 0.1) is 5.41 Å². The number of carbonyl (C=O) groups excluding carboxylic acids is 1. The number of nitrogens with two attached hydrogens (primary N) is 1. The molecule has 1 aliphatic rings. The minimum atomic E-state index is -0.433. The highest BCUT2D eigenvalue weighted by Gasteiger charge is 2.30. The Balaban J connectivity index is 2.50. The monoisotopic (exact) mass is 255 g/mol. The molecule has 4 heteroatoms. The molecule has 0 aliphatic heterocycles. The van der Waals surface area contributed by atoms with Gasteiger partial charge in [-0.25, -0.2) is 0 Å². The first-order chi connectivity index (χ1) is 8.21. The minimum absolute atomic E-state index is 0.00749. The van der Waals surface area contributed by atoms with Gasteiger partial charge in [0.15, 0.2) is 0 Å². The SMILES string of the molecule is CN(C)C1CCCC(NC(=O)[C@@H](N)C(C)(C)C)C1. The van der Waals surface area contributed by atoms with E-state index in [1.807, 2.05) is 20.8 Å². The standard InChI is InChI=1S/C14H29N3O/c1-14(2,3)12(15)13(18)16-10-7-6-8-11(9-10)17(4)5/h10-12H,6-9,15H2,1-5H3,(H,16,18)/t10?,11?,12-/m1/s1. The predicted octanol–water partition coefficient (Wildman–Crippen LogP) is 1.35. The molecule has 18 heavy (non-hydrogen) atoms. The number of hydrogen-bond donors (Lipinski definition) is 2. The van der Waals surface area contributed by atoms with Gasteiger partial charge in [0.2, 0.25) is 5.91 Å². The Labute approximate surface area is 111 Å². The highest BCUT2D eigenvalue weighted by molar-refractivity contribution is 5.82. The number of hydrogen-bond acceptors (Lipinski definition) is 3. The third-order valence-electron chi connectivity index (χ3n) is 3.94. The molecule has 0 radical (unpaired) electrons. The fourth-order valence-electron chi connectivity index (χ4n) is 2.45. The van der Waals surface area contributed by atoms with Crippen LogP contribution in [0.4, 0.5) is 0 Å². The molecule has 0 bridgehead atoms. The van der Waals surface area contributed by atoms with E-state index in [2.05, 4.69) is 24.3 Å². The summed E-state index contributed by atoms with van der Waals surface area (Å²) in [5, 5.41) is 3.12. The van der Waals surface area contributed by atoms with Crippen molar-refractivity contribution in [3.63, 3.8) is 0 Å². The fourth-order valence-corrected chi connectivity index (χ4v) is 2.45. The zero-order chi connectivity index (χ0) is 13.9. The fraction of sp³-hybridized carbons (Fsp3) is 0.929. The van der Waals surface area contributed by atoms with Crippen molar-refractivity contribution in [3.8, 4) is 0 Å². The summed E-state index contributed by atoms with van der Waals surface area (Å²) in [6.45, 7) is 6.00. The van der Waals surface area contributed by atoms with Crippen LogP contribution in [0.15, 0.2) is 0 Å². The van der Waals surface area contributed by atoms with Crippen LogP contribution in [-0.4, -0.2) is 43.0 Å². The van der Waals surface area contributed by atoms with Crippen LogP contribution < -0.4 is 11.1 Å². The Bertz CT molecular complexity index is 283. The van der Waals surface area contributed by atoms with Gasteiger partial charge in [0, 0.05) is 12.1 Å². The lowest BCUT2D eigenvalue weighted by Crippen LogP contribution is -2.53. The number of nitrogens with zero attached hydrogens (tertiary/aromatic N) is 1. The topological polar surface area (TPSA) is 58.4 Å². The highest BCUT2D eigenvalue weighted by atomic mass is 16.2. The van der Waals surface area contributed by atoms with Crippen molar-refractivity contribution < 1.29 is 4.79 Å². The quantitative estimate of drug-likeness (QED) is 0.800. The molecule has 4 nitrogen and oxygen atoms in total. The van der Waals surface area contributed by atoms with Gasteiger partial charge in [0.25, 0.3) is 0 Å². The van der Waals surface area contributed by atoms with Crippen molar-refractivity contribution in [2.24, 2.45) is 11.1 Å². The molecule has 0 aromatic carbocycles. The molecule has 106 valence electrons. The number of carbonyl (C=O) groups is 1. The second-order valence-electron chi connectivity index (χ2n) is 6.83.